The average Bonchev–Trinajstić information content (AvgIpc) is 2.63. The number of carbonyl (C=O) groups excluding carboxylic acids is 1. The Morgan fingerprint density at radius 3 is 2.58 bits per heavy atom. The molecule has 1 aromatic carbocycles. The number of hydrogen-bond acceptors (Lipinski definition) is 4. The van der Waals surface area contributed by atoms with E-state index in [2.05, 4.69) is 29.1 Å². The minimum atomic E-state index is -0.305. The monoisotopic (exact) mass is 381 g/mol. The van der Waals surface area contributed by atoms with Crippen molar-refractivity contribution in [3.05, 3.63) is 34.9 Å². The van der Waals surface area contributed by atoms with E-state index in [1.54, 1.807) is 24.3 Å². The van der Waals surface area contributed by atoms with Gasteiger partial charge in [-0.2, -0.15) is 0 Å². The van der Waals surface area contributed by atoms with Crippen molar-refractivity contribution in [3.63, 3.8) is 0 Å². The molecular formula is C20H32ClN3O2. The third-order valence-electron chi connectivity index (χ3n) is 4.11. The minimum Gasteiger partial charge on any atom is -0.465 e. The van der Waals surface area contributed by atoms with Gasteiger partial charge in [0.25, 0.3) is 11.9 Å². The number of hydrogen-bond donors (Lipinski definition) is 1. The van der Waals surface area contributed by atoms with E-state index >= 15 is 0 Å². The third kappa shape index (κ3) is 8.19. The standard InChI is InChI=1S/C20H32ClN3O2/c1-5-15-26-20(22-16(4)11-10-14-24(6-2)7-3)23-19(25)17-12-8-9-13-18(17)21/h8-9,12-13,16H,5-7,10-11,14-15H2,1-4H3,(H,22,23,25)/t16-/m0/s1. The maximum atomic E-state index is 12.4. The number of benzene rings is 1. The first kappa shape index (κ1) is 22.5. The SMILES string of the molecule is CCCOC(=N[C@@H](C)CCCN(CC)CC)NC(=O)c1ccccc1Cl. The van der Waals surface area contributed by atoms with Gasteiger partial charge in [-0.25, -0.2) is 4.99 Å². The molecule has 1 amide bonds. The van der Waals surface area contributed by atoms with Crippen molar-refractivity contribution in [1.82, 2.24) is 10.2 Å². The van der Waals surface area contributed by atoms with Crippen LogP contribution in [0.25, 0.3) is 0 Å². The van der Waals surface area contributed by atoms with Crippen LogP contribution < -0.4 is 5.32 Å². The number of ether oxygens (including phenoxy) is 1. The fourth-order valence-corrected chi connectivity index (χ4v) is 2.75. The number of aliphatic imine (C=N–C) groups is 1. The Hall–Kier alpha value is -1.59. The molecule has 0 saturated carbocycles. The number of rotatable bonds is 10. The zero-order valence-corrected chi connectivity index (χ0v) is 17.2. The molecule has 1 aromatic rings. The fraction of sp³-hybridized carbons (Fsp3) is 0.600. The van der Waals surface area contributed by atoms with E-state index in [0.717, 1.165) is 38.9 Å². The molecule has 146 valence electrons. The van der Waals surface area contributed by atoms with Gasteiger partial charge < -0.3 is 9.64 Å². The summed E-state index contributed by atoms with van der Waals surface area (Å²) in [5.41, 5.74) is 0.413. The molecule has 0 aromatic heterocycles. The number of amidine groups is 1. The largest absolute Gasteiger partial charge is 0.465 e. The van der Waals surface area contributed by atoms with Crippen LogP contribution in [0.5, 0.6) is 0 Å². The predicted octanol–water partition coefficient (Wildman–Crippen LogP) is 4.36. The van der Waals surface area contributed by atoms with Crippen molar-refractivity contribution in [2.24, 2.45) is 4.99 Å². The average molecular weight is 382 g/mol. The fourth-order valence-electron chi connectivity index (χ4n) is 2.53. The van der Waals surface area contributed by atoms with E-state index in [9.17, 15) is 4.79 Å². The Kier molecular flexibility index (Phi) is 11.0. The molecule has 0 heterocycles. The molecule has 0 aliphatic heterocycles. The Labute approximate surface area is 162 Å². The number of halogens is 1. The van der Waals surface area contributed by atoms with Crippen LogP contribution in [-0.4, -0.2) is 49.1 Å². The lowest BCUT2D eigenvalue weighted by atomic mass is 10.2. The second kappa shape index (κ2) is 12.7. The molecule has 1 atom stereocenters. The summed E-state index contributed by atoms with van der Waals surface area (Å²) in [4.78, 5) is 19.4. The van der Waals surface area contributed by atoms with Crippen molar-refractivity contribution in [2.75, 3.05) is 26.2 Å². The van der Waals surface area contributed by atoms with Crippen molar-refractivity contribution in [2.45, 2.75) is 53.0 Å². The van der Waals surface area contributed by atoms with Crippen LogP contribution in [0, 0.1) is 0 Å². The van der Waals surface area contributed by atoms with E-state index in [-0.39, 0.29) is 18.0 Å². The molecular weight excluding hydrogens is 350 g/mol. The molecule has 0 bridgehead atoms. The molecule has 26 heavy (non-hydrogen) atoms. The Balaban J connectivity index is 2.67. The normalized spacial score (nSPS) is 12.9. The Morgan fingerprint density at radius 1 is 1.27 bits per heavy atom. The van der Waals surface area contributed by atoms with Crippen molar-refractivity contribution in [3.8, 4) is 0 Å². The van der Waals surface area contributed by atoms with Gasteiger partial charge in [0, 0.05) is 0 Å². The number of carbonyl (C=O) groups is 1. The lowest BCUT2D eigenvalue weighted by molar-refractivity contribution is 0.0965. The Bertz CT molecular complexity index is 574. The molecule has 0 aliphatic carbocycles. The quantitative estimate of drug-likeness (QED) is 0.483. The highest BCUT2D eigenvalue weighted by atomic mass is 35.5. The van der Waals surface area contributed by atoms with Gasteiger partial charge in [-0.05, 0) is 58.0 Å². The molecule has 0 unspecified atom stereocenters. The van der Waals surface area contributed by atoms with E-state index < -0.39 is 0 Å². The summed E-state index contributed by atoms with van der Waals surface area (Å²) < 4.78 is 5.63. The highest BCUT2D eigenvalue weighted by molar-refractivity contribution is 6.34. The first-order valence-corrected chi connectivity index (χ1v) is 9.88. The van der Waals surface area contributed by atoms with Crippen LogP contribution >= 0.6 is 11.6 Å². The second-order valence-corrected chi connectivity index (χ2v) is 6.64. The van der Waals surface area contributed by atoms with Crippen molar-refractivity contribution < 1.29 is 9.53 Å². The topological polar surface area (TPSA) is 53.9 Å². The maximum Gasteiger partial charge on any atom is 0.291 e. The smallest absolute Gasteiger partial charge is 0.291 e. The highest BCUT2D eigenvalue weighted by Gasteiger charge is 2.14. The Morgan fingerprint density at radius 2 is 1.96 bits per heavy atom. The molecule has 0 spiro atoms. The van der Waals surface area contributed by atoms with E-state index in [0.29, 0.717) is 17.2 Å². The van der Waals surface area contributed by atoms with E-state index in [4.69, 9.17) is 16.3 Å². The third-order valence-corrected chi connectivity index (χ3v) is 4.44. The van der Waals surface area contributed by atoms with Gasteiger partial charge >= 0.3 is 0 Å². The second-order valence-electron chi connectivity index (χ2n) is 6.23. The summed E-state index contributed by atoms with van der Waals surface area (Å²) in [6.07, 6.45) is 2.85. The van der Waals surface area contributed by atoms with Crippen LogP contribution in [0.15, 0.2) is 29.3 Å². The minimum absolute atomic E-state index is 0.0731. The van der Waals surface area contributed by atoms with Crippen molar-refractivity contribution in [1.29, 1.82) is 0 Å². The van der Waals surface area contributed by atoms with Crippen LogP contribution in [0.3, 0.4) is 0 Å². The molecule has 1 rings (SSSR count). The summed E-state index contributed by atoms with van der Waals surface area (Å²) in [5, 5.41) is 3.16. The molecule has 0 fully saturated rings. The lowest BCUT2D eigenvalue weighted by Gasteiger charge is -2.18. The lowest BCUT2D eigenvalue weighted by Crippen LogP contribution is -2.34. The zero-order chi connectivity index (χ0) is 19.4. The van der Waals surface area contributed by atoms with Gasteiger partial charge in [0.1, 0.15) is 0 Å². The first-order valence-electron chi connectivity index (χ1n) is 9.50. The highest BCUT2D eigenvalue weighted by Crippen LogP contribution is 2.14. The molecule has 0 radical (unpaired) electrons. The van der Waals surface area contributed by atoms with Gasteiger partial charge in [-0.15, -0.1) is 0 Å². The van der Waals surface area contributed by atoms with Gasteiger partial charge in [0.2, 0.25) is 0 Å². The molecule has 5 nitrogen and oxygen atoms in total. The summed E-state index contributed by atoms with van der Waals surface area (Å²) in [6, 6.07) is 7.29. The zero-order valence-electron chi connectivity index (χ0n) is 16.4. The van der Waals surface area contributed by atoms with Crippen LogP contribution in [0.4, 0.5) is 0 Å². The summed E-state index contributed by atoms with van der Waals surface area (Å²) in [7, 11) is 0. The van der Waals surface area contributed by atoms with E-state index in [1.165, 1.54) is 0 Å². The van der Waals surface area contributed by atoms with Crippen LogP contribution in [0.1, 0.15) is 57.3 Å². The first-order chi connectivity index (χ1) is 12.5. The van der Waals surface area contributed by atoms with E-state index in [1.807, 2.05) is 13.8 Å². The van der Waals surface area contributed by atoms with Crippen LogP contribution in [-0.2, 0) is 4.74 Å². The predicted molar refractivity (Wildman–Crippen MR) is 109 cm³/mol. The molecule has 0 aliphatic rings. The molecule has 0 saturated heterocycles. The number of nitrogens with one attached hydrogen (secondary N) is 1. The van der Waals surface area contributed by atoms with Crippen LogP contribution in [0.2, 0.25) is 5.02 Å². The molecule has 6 heteroatoms. The van der Waals surface area contributed by atoms with Gasteiger partial charge in [-0.3, -0.25) is 10.1 Å². The van der Waals surface area contributed by atoms with Crippen molar-refractivity contribution >= 4 is 23.5 Å². The summed E-state index contributed by atoms with van der Waals surface area (Å²) in [6.45, 7) is 12.1. The van der Waals surface area contributed by atoms with Gasteiger partial charge in [0.05, 0.1) is 23.2 Å². The number of amides is 1. The summed E-state index contributed by atoms with van der Waals surface area (Å²) in [5.74, 6) is -0.305. The summed E-state index contributed by atoms with van der Waals surface area (Å²) >= 11 is 6.09. The number of nitrogens with zero attached hydrogens (tertiary/aromatic N) is 2. The van der Waals surface area contributed by atoms with Gasteiger partial charge in [-0.1, -0.05) is 44.5 Å². The maximum absolute atomic E-state index is 12.4. The molecule has 1 N–H and O–H groups in total. The van der Waals surface area contributed by atoms with Gasteiger partial charge in [0.15, 0.2) is 0 Å².